The lowest BCUT2D eigenvalue weighted by Crippen LogP contribution is -2.26. The second-order valence-electron chi connectivity index (χ2n) is 7.03. The number of imidazole rings is 1. The van der Waals surface area contributed by atoms with Gasteiger partial charge in [0.25, 0.3) is 5.91 Å². The number of nitrogens with one attached hydrogen (secondary N) is 3. The smallest absolute Gasteiger partial charge is 0.253 e. The molecular formula is C19H21N5O3S. The van der Waals surface area contributed by atoms with Crippen LogP contribution < -0.4 is 10.0 Å². The van der Waals surface area contributed by atoms with Crippen LogP contribution in [0.1, 0.15) is 40.5 Å². The van der Waals surface area contributed by atoms with Crippen LogP contribution in [-0.4, -0.2) is 42.1 Å². The number of sulfonamides is 1. The number of anilines is 1. The predicted octanol–water partition coefficient (Wildman–Crippen LogP) is 2.18. The van der Waals surface area contributed by atoms with E-state index in [9.17, 15) is 13.2 Å². The highest BCUT2D eigenvalue weighted by Gasteiger charge is 2.27. The van der Waals surface area contributed by atoms with Crippen molar-refractivity contribution in [3.8, 4) is 0 Å². The molecule has 0 bridgehead atoms. The van der Waals surface area contributed by atoms with Crippen LogP contribution in [0.4, 0.5) is 5.69 Å². The number of carbonyl (C=O) groups excluding carboxylic acids is 1. The Balaban J connectivity index is 1.37. The molecule has 2 heterocycles. The Morgan fingerprint density at radius 3 is 2.64 bits per heavy atom. The molecule has 0 spiro atoms. The Kier molecular flexibility index (Phi) is 4.76. The molecule has 4 rings (SSSR count). The van der Waals surface area contributed by atoms with E-state index in [0.29, 0.717) is 41.3 Å². The van der Waals surface area contributed by atoms with E-state index in [-0.39, 0.29) is 5.91 Å². The molecule has 1 aliphatic carbocycles. The molecule has 1 saturated carbocycles. The molecule has 9 heteroatoms. The van der Waals surface area contributed by atoms with Gasteiger partial charge in [-0.2, -0.15) is 0 Å². The maximum atomic E-state index is 12.6. The first-order valence-electron chi connectivity index (χ1n) is 9.08. The topological polar surface area (TPSA) is 117 Å². The summed E-state index contributed by atoms with van der Waals surface area (Å²) >= 11 is 0. The van der Waals surface area contributed by atoms with Gasteiger partial charge < -0.3 is 10.3 Å². The summed E-state index contributed by atoms with van der Waals surface area (Å²) in [6.07, 6.45) is 5.59. The largest absolute Gasteiger partial charge is 0.352 e. The molecule has 0 atom stereocenters. The van der Waals surface area contributed by atoms with E-state index in [4.69, 9.17) is 0 Å². The Morgan fingerprint density at radius 1 is 1.21 bits per heavy atom. The quantitative estimate of drug-likeness (QED) is 0.563. The molecule has 28 heavy (non-hydrogen) atoms. The van der Waals surface area contributed by atoms with Gasteiger partial charge >= 0.3 is 0 Å². The van der Waals surface area contributed by atoms with Gasteiger partial charge in [-0.1, -0.05) is 12.1 Å². The van der Waals surface area contributed by atoms with E-state index in [0.717, 1.165) is 30.5 Å². The molecule has 1 fully saturated rings. The average molecular weight is 399 g/mol. The van der Waals surface area contributed by atoms with Crippen molar-refractivity contribution in [1.29, 1.82) is 0 Å². The third-order valence-corrected chi connectivity index (χ3v) is 5.18. The third-order valence-electron chi connectivity index (χ3n) is 4.58. The standard InChI is InChI=1S/C19H21N5O3S/c1-28(26,27)24-14-6-2-12(3-7-14)8-10-21-19(25)15-9-11-20-18-16(15)22-17(23-18)13-4-5-13/h2-3,6-7,9,11,13,24H,4-5,8,10H2,1H3,(H,21,25)(H,20,22,23). The van der Waals surface area contributed by atoms with Crippen LogP contribution >= 0.6 is 0 Å². The highest BCUT2D eigenvalue weighted by Crippen LogP contribution is 2.39. The number of fused-ring (bicyclic) bond motifs is 1. The number of aromatic nitrogens is 3. The fraction of sp³-hybridized carbons (Fsp3) is 0.316. The monoisotopic (exact) mass is 399 g/mol. The van der Waals surface area contributed by atoms with Crippen molar-refractivity contribution in [2.45, 2.75) is 25.2 Å². The summed E-state index contributed by atoms with van der Waals surface area (Å²) in [5, 5.41) is 2.92. The Bertz CT molecular complexity index is 1120. The van der Waals surface area contributed by atoms with E-state index in [1.807, 2.05) is 12.1 Å². The second-order valence-corrected chi connectivity index (χ2v) is 8.78. The van der Waals surface area contributed by atoms with E-state index < -0.39 is 10.0 Å². The molecule has 8 nitrogen and oxygen atoms in total. The second kappa shape index (κ2) is 7.23. The molecule has 0 saturated heterocycles. The minimum absolute atomic E-state index is 0.172. The summed E-state index contributed by atoms with van der Waals surface area (Å²) in [5.74, 6) is 1.20. The van der Waals surface area contributed by atoms with Gasteiger partial charge in [0.15, 0.2) is 5.65 Å². The lowest BCUT2D eigenvalue weighted by atomic mass is 10.1. The highest BCUT2D eigenvalue weighted by molar-refractivity contribution is 7.92. The zero-order chi connectivity index (χ0) is 19.7. The van der Waals surface area contributed by atoms with Gasteiger partial charge in [0.05, 0.1) is 17.3 Å². The highest BCUT2D eigenvalue weighted by atomic mass is 32.2. The summed E-state index contributed by atoms with van der Waals surface area (Å²) in [6, 6.07) is 8.77. The summed E-state index contributed by atoms with van der Waals surface area (Å²) < 4.78 is 24.9. The van der Waals surface area contributed by atoms with Gasteiger partial charge in [-0.3, -0.25) is 9.52 Å². The lowest BCUT2D eigenvalue weighted by molar-refractivity contribution is 0.0955. The summed E-state index contributed by atoms with van der Waals surface area (Å²) in [4.78, 5) is 24.6. The fourth-order valence-corrected chi connectivity index (χ4v) is 3.60. The number of nitrogens with zero attached hydrogens (tertiary/aromatic N) is 2. The minimum atomic E-state index is -3.29. The van der Waals surface area contributed by atoms with Gasteiger partial charge in [-0.05, 0) is 43.0 Å². The number of carbonyl (C=O) groups is 1. The molecule has 2 aromatic heterocycles. The SMILES string of the molecule is CS(=O)(=O)Nc1ccc(CCNC(=O)c2ccnc3nc(C4CC4)[nH]c23)cc1. The van der Waals surface area contributed by atoms with Crippen LogP contribution in [0.25, 0.3) is 11.2 Å². The Hall–Kier alpha value is -2.94. The van der Waals surface area contributed by atoms with Crippen molar-refractivity contribution in [1.82, 2.24) is 20.3 Å². The van der Waals surface area contributed by atoms with Gasteiger partial charge in [-0.25, -0.2) is 18.4 Å². The number of aromatic amines is 1. The van der Waals surface area contributed by atoms with Crippen molar-refractivity contribution >= 4 is 32.8 Å². The zero-order valence-corrected chi connectivity index (χ0v) is 16.2. The normalized spacial score (nSPS) is 14.2. The summed E-state index contributed by atoms with van der Waals surface area (Å²) in [5.41, 5.74) is 3.30. The zero-order valence-electron chi connectivity index (χ0n) is 15.4. The lowest BCUT2D eigenvalue weighted by Gasteiger charge is -2.07. The van der Waals surface area contributed by atoms with Crippen molar-refractivity contribution < 1.29 is 13.2 Å². The number of pyridine rings is 1. The van der Waals surface area contributed by atoms with E-state index >= 15 is 0 Å². The molecule has 0 radical (unpaired) electrons. The maximum Gasteiger partial charge on any atom is 0.253 e. The Morgan fingerprint density at radius 2 is 1.96 bits per heavy atom. The molecule has 1 amide bonds. The van der Waals surface area contributed by atoms with Crippen LogP contribution in [0.3, 0.4) is 0 Å². The molecule has 0 aliphatic heterocycles. The van der Waals surface area contributed by atoms with Crippen LogP contribution in [0.5, 0.6) is 0 Å². The number of benzene rings is 1. The number of rotatable bonds is 7. The molecule has 1 aliphatic rings. The van der Waals surface area contributed by atoms with E-state index in [2.05, 4.69) is 25.0 Å². The van der Waals surface area contributed by atoms with Crippen LogP contribution in [0.2, 0.25) is 0 Å². The molecule has 0 unspecified atom stereocenters. The van der Waals surface area contributed by atoms with Crippen molar-refractivity contribution in [3.63, 3.8) is 0 Å². The molecule has 3 N–H and O–H groups in total. The average Bonchev–Trinajstić information content (AvgIpc) is 3.40. The van der Waals surface area contributed by atoms with Gasteiger partial charge in [-0.15, -0.1) is 0 Å². The minimum Gasteiger partial charge on any atom is -0.352 e. The first-order chi connectivity index (χ1) is 13.4. The van der Waals surface area contributed by atoms with Crippen molar-refractivity contribution in [2.24, 2.45) is 0 Å². The molecular weight excluding hydrogens is 378 g/mol. The number of hydrogen-bond donors (Lipinski definition) is 3. The van der Waals surface area contributed by atoms with Crippen LogP contribution in [0, 0.1) is 0 Å². The predicted molar refractivity (Wildman–Crippen MR) is 107 cm³/mol. The Labute approximate surface area is 162 Å². The van der Waals surface area contributed by atoms with Crippen molar-refractivity contribution in [2.75, 3.05) is 17.5 Å². The summed E-state index contributed by atoms with van der Waals surface area (Å²) in [7, 11) is -3.29. The first-order valence-corrected chi connectivity index (χ1v) is 11.0. The van der Waals surface area contributed by atoms with E-state index in [1.54, 1.807) is 24.4 Å². The first kappa shape index (κ1) is 18.4. The molecule has 3 aromatic rings. The van der Waals surface area contributed by atoms with Gasteiger partial charge in [0.1, 0.15) is 5.82 Å². The van der Waals surface area contributed by atoms with Crippen LogP contribution in [-0.2, 0) is 16.4 Å². The van der Waals surface area contributed by atoms with Gasteiger partial charge in [0.2, 0.25) is 10.0 Å². The molecule has 146 valence electrons. The van der Waals surface area contributed by atoms with Crippen LogP contribution in [0.15, 0.2) is 36.5 Å². The third kappa shape index (κ3) is 4.30. The molecule has 1 aromatic carbocycles. The maximum absolute atomic E-state index is 12.6. The fourth-order valence-electron chi connectivity index (χ4n) is 3.04. The van der Waals surface area contributed by atoms with E-state index in [1.165, 1.54) is 0 Å². The summed E-state index contributed by atoms with van der Waals surface area (Å²) in [6.45, 7) is 0.463. The number of H-pyrrole nitrogens is 1. The van der Waals surface area contributed by atoms with Gasteiger partial charge in [0, 0.05) is 24.3 Å². The van der Waals surface area contributed by atoms with Crippen molar-refractivity contribution in [3.05, 3.63) is 53.5 Å². The number of amides is 1. The number of hydrogen-bond acceptors (Lipinski definition) is 5.